The largest absolute Gasteiger partial charge is 0.505 e. The van der Waals surface area contributed by atoms with E-state index in [1.807, 2.05) is 0 Å². The molecule has 2 amide bonds. The number of carbonyl (C=O) groups excluding carboxylic acids is 2. The van der Waals surface area contributed by atoms with Gasteiger partial charge in [-0.25, -0.2) is 0 Å². The molecule has 2 aromatic rings. The number of nitrogens with one attached hydrogen (secondary N) is 2. The van der Waals surface area contributed by atoms with Gasteiger partial charge < -0.3 is 20.5 Å². The van der Waals surface area contributed by atoms with Gasteiger partial charge in [0, 0.05) is 24.2 Å². The number of fused-ring (bicyclic) bond motifs is 2. The van der Waals surface area contributed by atoms with Crippen molar-refractivity contribution in [3.8, 4) is 11.5 Å². The van der Waals surface area contributed by atoms with E-state index in [0.29, 0.717) is 58.4 Å². The second-order valence-electron chi connectivity index (χ2n) is 6.54. The number of hydrogen-bond acceptors (Lipinski definition) is 4. The molecule has 34 heavy (non-hydrogen) atoms. The SMILES string of the molecule is BrB(Br)Br.C.COc1c(Cl)cc2c(c1Cl)CCNC2=O.O=C1NCCc2c1cc(Cl)c(O)c2Cl. The Kier molecular flexibility index (Phi) is 13.4. The normalized spacial score (nSPS) is 13.3. The second-order valence-corrected chi connectivity index (χ2v) is 14.5. The molecule has 0 radical (unpaired) electrons. The molecule has 0 aromatic heterocycles. The van der Waals surface area contributed by atoms with E-state index >= 15 is 0 Å². The third kappa shape index (κ3) is 7.82. The van der Waals surface area contributed by atoms with Gasteiger partial charge in [0.05, 0.1) is 27.2 Å². The number of rotatable bonds is 1. The van der Waals surface area contributed by atoms with Crippen molar-refractivity contribution < 1.29 is 19.4 Å². The summed E-state index contributed by atoms with van der Waals surface area (Å²) in [5, 5.41) is 15.9. The zero-order valence-corrected chi connectivity index (χ0v) is 24.7. The number of phenols is 1. The Morgan fingerprint density at radius 2 is 1.29 bits per heavy atom. The summed E-state index contributed by atoms with van der Waals surface area (Å²) in [6.07, 6.45) is 1.32. The van der Waals surface area contributed by atoms with Crippen molar-refractivity contribution in [1.82, 2.24) is 10.6 Å². The molecule has 0 bridgehead atoms. The van der Waals surface area contributed by atoms with E-state index in [1.165, 1.54) is 13.2 Å². The number of methoxy groups -OCH3 is 1. The fourth-order valence-electron chi connectivity index (χ4n) is 3.16. The van der Waals surface area contributed by atoms with Crippen LogP contribution in [0, 0.1) is 0 Å². The average molecular weight is 745 g/mol. The lowest BCUT2D eigenvalue weighted by Crippen LogP contribution is -2.32. The fourth-order valence-corrected chi connectivity index (χ4v) is 4.42. The van der Waals surface area contributed by atoms with E-state index < -0.39 is 0 Å². The number of phenolic OH excluding ortho intramolecular Hbond substituents is 1. The summed E-state index contributed by atoms with van der Waals surface area (Å²) in [6.45, 7) is 1.13. The van der Waals surface area contributed by atoms with Crippen LogP contribution in [-0.4, -0.2) is 40.3 Å². The molecule has 4 rings (SSSR count). The zero-order chi connectivity index (χ0) is 24.9. The highest BCUT2D eigenvalue weighted by Crippen LogP contribution is 2.39. The molecule has 0 atom stereocenters. The number of aromatic hydroxyl groups is 1. The molecular weight excluding hydrogens is 725 g/mol. The summed E-state index contributed by atoms with van der Waals surface area (Å²) in [4.78, 5) is 22.9. The first kappa shape index (κ1) is 31.7. The summed E-state index contributed by atoms with van der Waals surface area (Å²) < 4.78 is 5.35. The number of carbonyl (C=O) groups is 2. The van der Waals surface area contributed by atoms with Gasteiger partial charge in [-0.05, 0) is 36.1 Å². The number of hydrogen-bond donors (Lipinski definition) is 3. The van der Waals surface area contributed by atoms with Crippen LogP contribution in [0.1, 0.15) is 39.3 Å². The lowest BCUT2D eigenvalue weighted by molar-refractivity contribution is 0.0937. The molecule has 2 aromatic carbocycles. The molecule has 2 aliphatic heterocycles. The molecule has 6 nitrogen and oxygen atoms in total. The summed E-state index contributed by atoms with van der Waals surface area (Å²) in [7, 11) is 1.50. The molecule has 0 fully saturated rings. The van der Waals surface area contributed by atoms with Gasteiger partial charge in [0.2, 0.25) is 0 Å². The third-order valence-electron chi connectivity index (χ3n) is 4.59. The maximum Gasteiger partial charge on any atom is 0.369 e. The number of benzene rings is 2. The van der Waals surface area contributed by atoms with Crippen molar-refractivity contribution in [3.63, 3.8) is 0 Å². The predicted molar refractivity (Wildman–Crippen MR) is 152 cm³/mol. The number of ether oxygens (including phenoxy) is 1. The van der Waals surface area contributed by atoms with Crippen molar-refractivity contribution in [2.24, 2.45) is 0 Å². The van der Waals surface area contributed by atoms with Crippen LogP contribution in [0.5, 0.6) is 11.5 Å². The van der Waals surface area contributed by atoms with E-state index in [4.69, 9.17) is 51.1 Å². The van der Waals surface area contributed by atoms with Crippen molar-refractivity contribution >= 4 is 109 Å². The summed E-state index contributed by atoms with van der Waals surface area (Å²) in [5.74, 6) is -0.0497. The highest BCUT2D eigenvalue weighted by molar-refractivity contribution is 9.69. The Hall–Kier alpha value is -0.355. The molecule has 0 unspecified atom stereocenters. The van der Waals surface area contributed by atoms with Crippen LogP contribution in [0.2, 0.25) is 20.1 Å². The van der Waals surface area contributed by atoms with E-state index in [-0.39, 0.29) is 38.2 Å². The van der Waals surface area contributed by atoms with E-state index in [9.17, 15) is 14.7 Å². The topological polar surface area (TPSA) is 87.7 Å². The highest BCUT2D eigenvalue weighted by Gasteiger charge is 2.24. The van der Waals surface area contributed by atoms with Gasteiger partial charge in [0.1, 0.15) is 0 Å². The molecule has 2 aliphatic rings. The smallest absolute Gasteiger partial charge is 0.369 e. The molecule has 2 heterocycles. The minimum atomic E-state index is -0.199. The van der Waals surface area contributed by atoms with Crippen LogP contribution in [-0.2, 0) is 12.8 Å². The second kappa shape index (κ2) is 14.4. The molecule has 0 spiro atoms. The van der Waals surface area contributed by atoms with Crippen LogP contribution in [0.25, 0.3) is 0 Å². The molecule has 186 valence electrons. The Bertz CT molecular complexity index is 1070. The van der Waals surface area contributed by atoms with Gasteiger partial charge in [-0.2, -0.15) is 0 Å². The average Bonchev–Trinajstić information content (AvgIpc) is 2.74. The highest BCUT2D eigenvalue weighted by atomic mass is 79.9. The Balaban J connectivity index is 0.000000288. The van der Waals surface area contributed by atoms with E-state index in [0.717, 1.165) is 5.56 Å². The number of halogens is 7. The zero-order valence-electron chi connectivity index (χ0n) is 16.9. The van der Waals surface area contributed by atoms with Crippen molar-refractivity contribution in [2.75, 3.05) is 20.2 Å². The maximum absolute atomic E-state index is 11.5. The Morgan fingerprint density at radius 3 is 1.74 bits per heavy atom. The van der Waals surface area contributed by atoms with Gasteiger partial charge in [-0.15, -0.1) is 47.3 Å². The van der Waals surface area contributed by atoms with Gasteiger partial charge in [0.15, 0.2) is 11.5 Å². The van der Waals surface area contributed by atoms with Gasteiger partial charge >= 0.3 is 3.18 Å². The molecule has 0 saturated heterocycles. The Morgan fingerprint density at radius 1 is 0.882 bits per heavy atom. The lowest BCUT2D eigenvalue weighted by Gasteiger charge is -2.19. The van der Waals surface area contributed by atoms with E-state index in [2.05, 4.69) is 57.9 Å². The third-order valence-corrected chi connectivity index (χ3v) is 5.96. The first-order chi connectivity index (χ1) is 15.5. The first-order valence-corrected chi connectivity index (χ1v) is 13.5. The minimum absolute atomic E-state index is 0. The van der Waals surface area contributed by atoms with Crippen LogP contribution in [0.15, 0.2) is 12.1 Å². The number of amides is 2. The standard InChI is InChI=1S/C10H9Cl2NO2.C9H7Cl2NO2.CH4.BBr3/c1-15-9-7(11)4-6-5(8(9)12)2-3-13-10(6)14;10-6-3-5-4(7(11)8(6)13)1-2-12-9(5)14;;2-1(3)4/h4H,2-3H2,1H3,(H,13,14);3,13H,1-2H2,(H,12,14);1H4;. The van der Waals surface area contributed by atoms with Crippen LogP contribution < -0.4 is 15.4 Å². The molecule has 0 saturated carbocycles. The molecular formula is C20H20BBr3Cl4N2O4. The quantitative estimate of drug-likeness (QED) is 0.273. The fraction of sp³-hybridized carbons (Fsp3) is 0.300. The van der Waals surface area contributed by atoms with Crippen LogP contribution in [0.4, 0.5) is 0 Å². The van der Waals surface area contributed by atoms with Gasteiger partial charge in [-0.1, -0.05) is 53.8 Å². The minimum Gasteiger partial charge on any atom is -0.505 e. The van der Waals surface area contributed by atoms with Crippen molar-refractivity contribution in [1.29, 1.82) is 0 Å². The monoisotopic (exact) mass is 740 g/mol. The summed E-state index contributed by atoms with van der Waals surface area (Å²) in [6, 6.07) is 3.03. The molecule has 0 aliphatic carbocycles. The van der Waals surface area contributed by atoms with Gasteiger partial charge in [-0.3, -0.25) is 9.59 Å². The first-order valence-electron chi connectivity index (χ1n) is 9.22. The van der Waals surface area contributed by atoms with E-state index in [1.54, 1.807) is 6.07 Å². The van der Waals surface area contributed by atoms with Crippen LogP contribution in [0.3, 0.4) is 0 Å². The maximum atomic E-state index is 11.5. The summed E-state index contributed by atoms with van der Waals surface area (Å²) in [5.41, 5.74) is 2.46. The Labute approximate surface area is 243 Å². The molecule has 3 N–H and O–H groups in total. The predicted octanol–water partition coefficient (Wildman–Crippen LogP) is 7.06. The molecule has 14 heteroatoms. The van der Waals surface area contributed by atoms with Crippen molar-refractivity contribution in [2.45, 2.75) is 20.3 Å². The summed E-state index contributed by atoms with van der Waals surface area (Å²) >= 11 is 32.9. The van der Waals surface area contributed by atoms with Crippen LogP contribution >= 0.6 is 93.7 Å². The lowest BCUT2D eigenvalue weighted by atomic mass is 10.00. The van der Waals surface area contributed by atoms with Crippen molar-refractivity contribution in [3.05, 3.63) is 54.5 Å². The van der Waals surface area contributed by atoms with Gasteiger partial charge in [0.25, 0.3) is 11.8 Å².